The number of sulfonamides is 1. The van der Waals surface area contributed by atoms with Gasteiger partial charge in [-0.2, -0.15) is 0 Å². The van der Waals surface area contributed by atoms with Crippen LogP contribution in [-0.4, -0.2) is 45.1 Å². The van der Waals surface area contributed by atoms with Gasteiger partial charge in [-0.1, -0.05) is 0 Å². The summed E-state index contributed by atoms with van der Waals surface area (Å²) in [6, 6.07) is -0.144. The number of carbonyl (C=O) groups is 1. The summed E-state index contributed by atoms with van der Waals surface area (Å²) in [5.41, 5.74) is 1.16. The fourth-order valence-electron chi connectivity index (χ4n) is 2.12. The van der Waals surface area contributed by atoms with Crippen molar-refractivity contribution < 1.29 is 17.9 Å². The van der Waals surface area contributed by atoms with Crippen LogP contribution < -0.4 is 10.0 Å². The predicted octanol–water partition coefficient (Wildman–Crippen LogP) is 0.348. The van der Waals surface area contributed by atoms with Crippen molar-refractivity contribution in [2.75, 3.05) is 13.7 Å². The van der Waals surface area contributed by atoms with E-state index in [9.17, 15) is 13.2 Å². The topological polar surface area (TPSA) is 97.4 Å². The van der Waals surface area contributed by atoms with Crippen molar-refractivity contribution >= 4 is 27.3 Å². The van der Waals surface area contributed by atoms with Gasteiger partial charge in [0.25, 0.3) is 10.0 Å². The Morgan fingerprint density at radius 3 is 3.00 bits per heavy atom. The molecule has 0 bridgehead atoms. The molecule has 7 nitrogen and oxygen atoms in total. The number of nitrogens with one attached hydrogen (secondary N) is 2. The van der Waals surface area contributed by atoms with E-state index >= 15 is 0 Å². The minimum Gasteiger partial charge on any atom is -0.464 e. The molecule has 1 aliphatic rings. The molecule has 0 spiro atoms. The van der Waals surface area contributed by atoms with E-state index in [2.05, 4.69) is 19.8 Å². The SMILES string of the molecule is COC(=O)c1ncsc1S(=O)(=O)N[C@@H]1CCCN[C@@H]1C. The number of piperidine rings is 1. The minimum absolute atomic E-state index is 0.0491. The first-order valence-electron chi connectivity index (χ1n) is 6.23. The van der Waals surface area contributed by atoms with Crippen LogP contribution in [0.25, 0.3) is 0 Å². The van der Waals surface area contributed by atoms with E-state index in [0.717, 1.165) is 30.7 Å². The van der Waals surface area contributed by atoms with Gasteiger partial charge >= 0.3 is 5.97 Å². The smallest absolute Gasteiger partial charge is 0.358 e. The molecule has 112 valence electrons. The van der Waals surface area contributed by atoms with Crippen LogP contribution in [0.4, 0.5) is 0 Å². The standard InChI is InChI=1S/C11H17N3O4S2/c1-7-8(4-3-5-12-7)14-20(16,17)11-9(10(15)18-2)13-6-19-11/h6-8,12,14H,3-5H2,1-2H3/t7-,8-/m1/s1. The van der Waals surface area contributed by atoms with Gasteiger partial charge in [0.05, 0.1) is 12.6 Å². The number of rotatable bonds is 4. The number of methoxy groups -OCH3 is 1. The van der Waals surface area contributed by atoms with Gasteiger partial charge in [0.2, 0.25) is 0 Å². The molecular weight excluding hydrogens is 302 g/mol. The van der Waals surface area contributed by atoms with Crippen LogP contribution in [0.15, 0.2) is 9.72 Å². The van der Waals surface area contributed by atoms with E-state index in [1.54, 1.807) is 0 Å². The Bertz CT molecular complexity index is 584. The number of hydrogen-bond acceptors (Lipinski definition) is 7. The number of thiazole rings is 1. The Labute approximate surface area is 121 Å². The Hall–Kier alpha value is -1.03. The molecule has 1 aromatic heterocycles. The largest absolute Gasteiger partial charge is 0.464 e. The number of ether oxygens (including phenoxy) is 1. The third-order valence-corrected chi connectivity index (χ3v) is 6.09. The van der Waals surface area contributed by atoms with Crippen molar-refractivity contribution in [3.63, 3.8) is 0 Å². The predicted molar refractivity (Wildman–Crippen MR) is 74.3 cm³/mol. The van der Waals surface area contributed by atoms with Crippen molar-refractivity contribution in [2.24, 2.45) is 0 Å². The molecule has 2 heterocycles. The molecule has 0 amide bonds. The maximum atomic E-state index is 12.4. The van der Waals surface area contributed by atoms with E-state index in [1.165, 1.54) is 12.6 Å². The lowest BCUT2D eigenvalue weighted by molar-refractivity contribution is 0.0590. The summed E-state index contributed by atoms with van der Waals surface area (Å²) in [6.07, 6.45) is 1.67. The molecule has 1 aromatic rings. The van der Waals surface area contributed by atoms with Gasteiger partial charge in [-0.3, -0.25) is 0 Å². The second kappa shape index (κ2) is 6.17. The Morgan fingerprint density at radius 2 is 2.35 bits per heavy atom. The second-order valence-electron chi connectivity index (χ2n) is 4.59. The lowest BCUT2D eigenvalue weighted by Crippen LogP contribution is -2.51. The van der Waals surface area contributed by atoms with E-state index in [-0.39, 0.29) is 22.0 Å². The van der Waals surface area contributed by atoms with Crippen LogP contribution in [-0.2, 0) is 14.8 Å². The molecule has 1 saturated heterocycles. The van der Waals surface area contributed by atoms with Crippen LogP contribution >= 0.6 is 11.3 Å². The van der Waals surface area contributed by atoms with Crippen molar-refractivity contribution in [3.8, 4) is 0 Å². The highest BCUT2D eigenvalue weighted by Crippen LogP contribution is 2.22. The zero-order valence-electron chi connectivity index (χ0n) is 11.3. The lowest BCUT2D eigenvalue weighted by Gasteiger charge is -2.30. The molecule has 0 radical (unpaired) electrons. The molecule has 2 rings (SSSR count). The van der Waals surface area contributed by atoms with Crippen LogP contribution in [0, 0.1) is 0 Å². The molecule has 1 fully saturated rings. The van der Waals surface area contributed by atoms with Crippen molar-refractivity contribution in [2.45, 2.75) is 36.1 Å². The van der Waals surface area contributed by atoms with Crippen LogP contribution in [0.3, 0.4) is 0 Å². The average molecular weight is 319 g/mol. The Kier molecular flexibility index (Phi) is 4.74. The number of aromatic nitrogens is 1. The molecule has 20 heavy (non-hydrogen) atoms. The van der Waals surface area contributed by atoms with Gasteiger partial charge in [-0.25, -0.2) is 22.9 Å². The molecule has 2 N–H and O–H groups in total. The summed E-state index contributed by atoms with van der Waals surface area (Å²) in [7, 11) is -2.58. The molecule has 0 aromatic carbocycles. The highest BCUT2D eigenvalue weighted by molar-refractivity contribution is 7.91. The van der Waals surface area contributed by atoms with E-state index in [1.807, 2.05) is 6.92 Å². The maximum absolute atomic E-state index is 12.4. The van der Waals surface area contributed by atoms with Crippen molar-refractivity contribution in [1.82, 2.24) is 15.0 Å². The summed E-state index contributed by atoms with van der Waals surface area (Å²) in [5.74, 6) is -0.749. The van der Waals surface area contributed by atoms with Crippen molar-refractivity contribution in [1.29, 1.82) is 0 Å². The number of hydrogen-bond donors (Lipinski definition) is 2. The van der Waals surface area contributed by atoms with E-state index < -0.39 is 16.0 Å². The van der Waals surface area contributed by atoms with Crippen LogP contribution in [0.5, 0.6) is 0 Å². The highest BCUT2D eigenvalue weighted by atomic mass is 32.2. The fourth-order valence-corrected chi connectivity index (χ4v) is 4.62. The Balaban J connectivity index is 2.22. The summed E-state index contributed by atoms with van der Waals surface area (Å²) in [6.45, 7) is 2.81. The summed E-state index contributed by atoms with van der Waals surface area (Å²) in [5, 5.41) is 3.22. The first-order valence-corrected chi connectivity index (χ1v) is 8.59. The van der Waals surface area contributed by atoms with Gasteiger partial charge in [-0.15, -0.1) is 11.3 Å². The van der Waals surface area contributed by atoms with Gasteiger partial charge in [0.15, 0.2) is 9.90 Å². The molecule has 9 heteroatoms. The van der Waals surface area contributed by atoms with Crippen LogP contribution in [0.1, 0.15) is 30.3 Å². The zero-order chi connectivity index (χ0) is 14.8. The Morgan fingerprint density at radius 1 is 1.60 bits per heavy atom. The van der Waals surface area contributed by atoms with Crippen LogP contribution in [0.2, 0.25) is 0 Å². The zero-order valence-corrected chi connectivity index (χ0v) is 12.9. The maximum Gasteiger partial charge on any atom is 0.358 e. The summed E-state index contributed by atoms with van der Waals surface area (Å²) in [4.78, 5) is 15.3. The molecule has 0 saturated carbocycles. The first kappa shape index (κ1) is 15.4. The number of carbonyl (C=O) groups excluding carboxylic acids is 1. The van der Waals surface area contributed by atoms with E-state index in [0.29, 0.717) is 0 Å². The third kappa shape index (κ3) is 3.17. The quantitative estimate of drug-likeness (QED) is 0.777. The first-order chi connectivity index (χ1) is 9.45. The second-order valence-corrected chi connectivity index (χ2v) is 7.36. The number of nitrogens with zero attached hydrogens (tertiary/aromatic N) is 1. The normalized spacial score (nSPS) is 23.5. The van der Waals surface area contributed by atoms with Gasteiger partial charge in [0.1, 0.15) is 0 Å². The van der Waals surface area contributed by atoms with Gasteiger partial charge < -0.3 is 10.1 Å². The summed E-state index contributed by atoms with van der Waals surface area (Å²) < 4.78 is 31.8. The van der Waals surface area contributed by atoms with Gasteiger partial charge in [0, 0.05) is 12.1 Å². The molecule has 1 aliphatic heterocycles. The summed E-state index contributed by atoms with van der Waals surface area (Å²) >= 11 is 0.907. The minimum atomic E-state index is -3.77. The molecular formula is C11H17N3O4S2. The average Bonchev–Trinajstić information content (AvgIpc) is 2.90. The fraction of sp³-hybridized carbons (Fsp3) is 0.636. The number of esters is 1. The molecule has 2 atom stereocenters. The third-order valence-electron chi connectivity index (χ3n) is 3.23. The lowest BCUT2D eigenvalue weighted by atomic mass is 10.0. The molecule has 0 unspecified atom stereocenters. The monoisotopic (exact) mass is 319 g/mol. The highest BCUT2D eigenvalue weighted by Gasteiger charge is 2.31. The molecule has 0 aliphatic carbocycles. The van der Waals surface area contributed by atoms with Crippen molar-refractivity contribution in [3.05, 3.63) is 11.2 Å². The van der Waals surface area contributed by atoms with Gasteiger partial charge in [-0.05, 0) is 26.3 Å². The van der Waals surface area contributed by atoms with E-state index in [4.69, 9.17) is 0 Å².